The molecule has 0 aromatic heterocycles. The average molecular weight is 285 g/mol. The number of carbonyl (C=O) groups is 1. The summed E-state index contributed by atoms with van der Waals surface area (Å²) in [6.45, 7) is 2.24. The van der Waals surface area contributed by atoms with Gasteiger partial charge < -0.3 is 10.2 Å². The first kappa shape index (κ1) is 13.7. The minimum atomic E-state index is 0. The zero-order valence-electron chi connectivity index (χ0n) is 11.6. The second-order valence-electron chi connectivity index (χ2n) is 6.93. The summed E-state index contributed by atoms with van der Waals surface area (Å²) in [5.41, 5.74) is 0.416. The molecule has 0 radical (unpaired) electrons. The highest BCUT2D eigenvalue weighted by atomic mass is 35.5. The molecule has 0 aromatic rings. The van der Waals surface area contributed by atoms with E-state index in [0.29, 0.717) is 29.3 Å². The van der Waals surface area contributed by atoms with E-state index < -0.39 is 0 Å². The van der Waals surface area contributed by atoms with Crippen LogP contribution in [0.4, 0.5) is 0 Å². The first-order chi connectivity index (χ1) is 8.80. The minimum absolute atomic E-state index is 0. The Balaban J connectivity index is 0.00000110. The van der Waals surface area contributed by atoms with E-state index in [-0.39, 0.29) is 12.4 Å². The summed E-state index contributed by atoms with van der Waals surface area (Å²) in [4.78, 5) is 15.1. The molecule has 19 heavy (non-hydrogen) atoms. The molecule has 3 saturated heterocycles. The van der Waals surface area contributed by atoms with Gasteiger partial charge in [-0.05, 0) is 69.9 Å². The smallest absolute Gasteiger partial charge is 0.226 e. The van der Waals surface area contributed by atoms with Gasteiger partial charge in [0.2, 0.25) is 5.91 Å². The highest BCUT2D eigenvalue weighted by Gasteiger charge is 2.60. The van der Waals surface area contributed by atoms with Crippen LogP contribution in [0.3, 0.4) is 0 Å². The van der Waals surface area contributed by atoms with Gasteiger partial charge in [0.05, 0.1) is 0 Å². The fourth-order valence-electron chi connectivity index (χ4n) is 4.83. The largest absolute Gasteiger partial charge is 0.336 e. The van der Waals surface area contributed by atoms with E-state index in [2.05, 4.69) is 10.2 Å². The summed E-state index contributed by atoms with van der Waals surface area (Å²) >= 11 is 0. The number of nitrogens with one attached hydrogen (secondary N) is 1. The number of piperidine rings is 2. The van der Waals surface area contributed by atoms with Crippen LogP contribution < -0.4 is 5.32 Å². The van der Waals surface area contributed by atoms with Crippen molar-refractivity contribution < 1.29 is 4.79 Å². The van der Waals surface area contributed by atoms with Crippen molar-refractivity contribution in [1.82, 2.24) is 10.2 Å². The Bertz CT molecular complexity index is 351. The third-order valence-electron chi connectivity index (χ3n) is 6.04. The average Bonchev–Trinajstić information content (AvgIpc) is 3.03. The highest BCUT2D eigenvalue weighted by molar-refractivity contribution is 5.85. The summed E-state index contributed by atoms with van der Waals surface area (Å²) in [5.74, 6) is 0.921. The van der Waals surface area contributed by atoms with E-state index in [4.69, 9.17) is 0 Å². The molecule has 3 aliphatic heterocycles. The van der Waals surface area contributed by atoms with Gasteiger partial charge in [0.1, 0.15) is 0 Å². The summed E-state index contributed by atoms with van der Waals surface area (Å²) in [6.07, 6.45) is 10.1. The van der Waals surface area contributed by atoms with Crippen molar-refractivity contribution in [2.24, 2.45) is 11.3 Å². The predicted molar refractivity (Wildman–Crippen MR) is 77.4 cm³/mol. The van der Waals surface area contributed by atoms with Crippen LogP contribution in [0.2, 0.25) is 0 Å². The van der Waals surface area contributed by atoms with E-state index >= 15 is 0 Å². The molecule has 3 atom stereocenters. The van der Waals surface area contributed by atoms with Gasteiger partial charge in [-0.15, -0.1) is 12.4 Å². The van der Waals surface area contributed by atoms with Gasteiger partial charge in [-0.25, -0.2) is 0 Å². The zero-order valence-corrected chi connectivity index (χ0v) is 12.4. The molecule has 108 valence electrons. The molecule has 3 nitrogen and oxygen atoms in total. The van der Waals surface area contributed by atoms with Crippen LogP contribution in [-0.4, -0.2) is 36.0 Å². The topological polar surface area (TPSA) is 32.3 Å². The van der Waals surface area contributed by atoms with E-state index in [1.165, 1.54) is 51.4 Å². The lowest BCUT2D eigenvalue weighted by molar-refractivity contribution is -0.138. The Morgan fingerprint density at radius 1 is 1.05 bits per heavy atom. The lowest BCUT2D eigenvalue weighted by atomic mass is 9.91. The third kappa shape index (κ3) is 2.09. The lowest BCUT2D eigenvalue weighted by Crippen LogP contribution is -2.46. The summed E-state index contributed by atoms with van der Waals surface area (Å²) < 4.78 is 0. The van der Waals surface area contributed by atoms with Crippen LogP contribution in [0.1, 0.15) is 51.4 Å². The SMILES string of the molecule is Cl.O=C(C1CC12CCNCC2)N1C2CCCC1CC2. The van der Waals surface area contributed by atoms with Crippen molar-refractivity contribution >= 4 is 18.3 Å². The molecule has 4 aliphatic rings. The van der Waals surface area contributed by atoms with E-state index in [1.807, 2.05) is 0 Å². The van der Waals surface area contributed by atoms with Gasteiger partial charge in [-0.2, -0.15) is 0 Å². The molecule has 1 N–H and O–H groups in total. The Labute approximate surface area is 121 Å². The van der Waals surface area contributed by atoms with Crippen molar-refractivity contribution in [2.45, 2.75) is 63.5 Å². The Hall–Kier alpha value is -0.280. The number of fused-ring (bicyclic) bond motifs is 2. The van der Waals surface area contributed by atoms with Gasteiger partial charge in [0, 0.05) is 18.0 Å². The van der Waals surface area contributed by atoms with Crippen molar-refractivity contribution in [3.05, 3.63) is 0 Å². The first-order valence-electron chi connectivity index (χ1n) is 7.83. The number of hydrogen-bond acceptors (Lipinski definition) is 2. The Morgan fingerprint density at radius 3 is 2.32 bits per heavy atom. The van der Waals surface area contributed by atoms with Gasteiger partial charge in [-0.3, -0.25) is 4.79 Å². The van der Waals surface area contributed by atoms with Gasteiger partial charge in [0.15, 0.2) is 0 Å². The van der Waals surface area contributed by atoms with E-state index in [1.54, 1.807) is 0 Å². The van der Waals surface area contributed by atoms with Crippen LogP contribution in [0.25, 0.3) is 0 Å². The molecule has 1 saturated carbocycles. The minimum Gasteiger partial charge on any atom is -0.336 e. The fraction of sp³-hybridized carbons (Fsp3) is 0.933. The Morgan fingerprint density at radius 2 is 1.68 bits per heavy atom. The normalized spacial score (nSPS) is 38.9. The van der Waals surface area contributed by atoms with Crippen LogP contribution in [0.15, 0.2) is 0 Å². The third-order valence-corrected chi connectivity index (χ3v) is 6.04. The van der Waals surface area contributed by atoms with E-state index in [0.717, 1.165) is 13.1 Å². The maximum Gasteiger partial charge on any atom is 0.226 e. The zero-order chi connectivity index (χ0) is 12.2. The molecule has 1 aliphatic carbocycles. The first-order valence-corrected chi connectivity index (χ1v) is 7.83. The molecular formula is C15H25ClN2O. The summed E-state index contributed by atoms with van der Waals surface area (Å²) in [5, 5.41) is 3.42. The van der Waals surface area contributed by atoms with Crippen LogP contribution >= 0.6 is 12.4 Å². The maximum absolute atomic E-state index is 12.8. The van der Waals surface area contributed by atoms with Gasteiger partial charge in [-0.1, -0.05) is 0 Å². The molecule has 0 aromatic carbocycles. The fourth-order valence-corrected chi connectivity index (χ4v) is 4.83. The number of rotatable bonds is 1. The molecule has 1 spiro atoms. The summed E-state index contributed by atoms with van der Waals surface area (Å²) in [7, 11) is 0. The predicted octanol–water partition coefficient (Wildman–Crippen LogP) is 2.34. The molecule has 4 heteroatoms. The standard InChI is InChI=1S/C15H24N2O.ClH/c18-14(13-10-15(13)6-8-16-9-7-15)17-11-2-1-3-12(17)5-4-11;/h11-13,16H,1-10H2;1H. The lowest BCUT2D eigenvalue weighted by Gasteiger charge is -2.36. The number of halogens is 1. The molecule has 4 rings (SSSR count). The van der Waals surface area contributed by atoms with Gasteiger partial charge in [0.25, 0.3) is 0 Å². The second-order valence-corrected chi connectivity index (χ2v) is 6.93. The quantitative estimate of drug-likeness (QED) is 0.802. The number of carbonyl (C=O) groups excluding carboxylic acids is 1. The Kier molecular flexibility index (Phi) is 3.55. The monoisotopic (exact) mass is 284 g/mol. The van der Waals surface area contributed by atoms with Crippen LogP contribution in [-0.2, 0) is 4.79 Å². The number of hydrogen-bond donors (Lipinski definition) is 1. The van der Waals surface area contributed by atoms with Crippen molar-refractivity contribution in [2.75, 3.05) is 13.1 Å². The molecule has 4 fully saturated rings. The van der Waals surface area contributed by atoms with Crippen molar-refractivity contribution in [1.29, 1.82) is 0 Å². The maximum atomic E-state index is 12.8. The molecular weight excluding hydrogens is 260 g/mol. The van der Waals surface area contributed by atoms with Crippen molar-refractivity contribution in [3.8, 4) is 0 Å². The van der Waals surface area contributed by atoms with Crippen molar-refractivity contribution in [3.63, 3.8) is 0 Å². The molecule has 3 heterocycles. The molecule has 2 bridgehead atoms. The van der Waals surface area contributed by atoms with Crippen LogP contribution in [0, 0.1) is 11.3 Å². The second kappa shape index (κ2) is 4.92. The number of nitrogens with zero attached hydrogens (tertiary/aromatic N) is 1. The number of amides is 1. The van der Waals surface area contributed by atoms with Gasteiger partial charge >= 0.3 is 0 Å². The highest BCUT2D eigenvalue weighted by Crippen LogP contribution is 2.60. The van der Waals surface area contributed by atoms with Crippen LogP contribution in [0.5, 0.6) is 0 Å². The molecule has 1 amide bonds. The van der Waals surface area contributed by atoms with E-state index in [9.17, 15) is 4.79 Å². The molecule has 3 unspecified atom stereocenters. The summed E-state index contributed by atoms with van der Waals surface area (Å²) in [6, 6.07) is 1.21.